The molecule has 0 radical (unpaired) electrons. The van der Waals surface area contributed by atoms with Crippen LogP contribution in [-0.4, -0.2) is 28.8 Å². The maximum absolute atomic E-state index is 12.6. The average Bonchev–Trinajstić information content (AvgIpc) is 2.97. The molecule has 0 amide bonds. The lowest BCUT2D eigenvalue weighted by molar-refractivity contribution is -0.750. The molecule has 0 saturated heterocycles. The zero-order chi connectivity index (χ0) is 19.2. The van der Waals surface area contributed by atoms with Gasteiger partial charge in [0.1, 0.15) is 11.8 Å². The highest BCUT2D eigenvalue weighted by Gasteiger charge is 2.27. The Morgan fingerprint density at radius 2 is 1.96 bits per heavy atom. The van der Waals surface area contributed by atoms with Crippen molar-refractivity contribution in [1.29, 1.82) is 0 Å². The highest BCUT2D eigenvalue weighted by atomic mass is 35.5. The smallest absolute Gasteiger partial charge is 0.383 e. The molecule has 0 aliphatic carbocycles. The molecular weight excluding hydrogens is 368 g/mol. The average molecular weight is 385 g/mol. The molecule has 0 bridgehead atoms. The first-order valence-electron chi connectivity index (χ1n) is 8.29. The summed E-state index contributed by atoms with van der Waals surface area (Å²) in [5.74, 6) is -1.37. The summed E-state index contributed by atoms with van der Waals surface area (Å²) in [6, 6.07) is 16.3. The van der Waals surface area contributed by atoms with Crippen molar-refractivity contribution in [1.82, 2.24) is 10.0 Å². The van der Waals surface area contributed by atoms with Crippen LogP contribution in [0.25, 0.3) is 0 Å². The summed E-state index contributed by atoms with van der Waals surface area (Å²) in [6.45, 7) is 2.07. The van der Waals surface area contributed by atoms with Crippen LogP contribution in [0.2, 0.25) is 5.02 Å². The van der Waals surface area contributed by atoms with Crippen LogP contribution in [0.3, 0.4) is 0 Å². The van der Waals surface area contributed by atoms with Crippen molar-refractivity contribution in [2.75, 3.05) is 6.61 Å². The normalized spacial score (nSPS) is 11.0. The Balaban J connectivity index is 1.95. The van der Waals surface area contributed by atoms with Gasteiger partial charge in [0, 0.05) is 5.02 Å². The number of nitrogens with zero attached hydrogens (tertiary/aromatic N) is 4. The molecular formula is C19H17ClN4O3. The molecule has 0 fully saturated rings. The zero-order valence-corrected chi connectivity index (χ0v) is 15.3. The van der Waals surface area contributed by atoms with Gasteiger partial charge in [-0.1, -0.05) is 59.2 Å². The predicted molar refractivity (Wildman–Crippen MR) is 97.8 cm³/mol. The number of hydrogen-bond acceptors (Lipinski definition) is 5. The van der Waals surface area contributed by atoms with Crippen molar-refractivity contribution in [3.05, 3.63) is 76.4 Å². The van der Waals surface area contributed by atoms with Gasteiger partial charge in [0.25, 0.3) is 5.69 Å². The summed E-state index contributed by atoms with van der Waals surface area (Å²) < 4.78 is 6.30. The summed E-state index contributed by atoms with van der Waals surface area (Å²) in [4.78, 5) is 13.1. The third kappa shape index (κ3) is 4.51. The fourth-order valence-corrected chi connectivity index (χ4v) is 2.52. The minimum absolute atomic E-state index is 0.156. The van der Waals surface area contributed by atoms with Crippen LogP contribution in [0, 0.1) is 0 Å². The monoisotopic (exact) mass is 384 g/mol. The molecule has 27 heavy (non-hydrogen) atoms. The molecule has 7 nitrogen and oxygen atoms in total. The van der Waals surface area contributed by atoms with Crippen LogP contribution >= 0.6 is 11.6 Å². The number of carbonyl (C=O) groups excluding carboxylic acids is 1. The van der Waals surface area contributed by atoms with Gasteiger partial charge in [0.05, 0.1) is 12.8 Å². The van der Waals surface area contributed by atoms with E-state index in [2.05, 4.69) is 10.3 Å². The van der Waals surface area contributed by atoms with Crippen LogP contribution < -0.4 is 9.79 Å². The lowest BCUT2D eigenvalue weighted by Gasteiger charge is -2.03. The van der Waals surface area contributed by atoms with Crippen molar-refractivity contribution in [2.24, 2.45) is 5.10 Å². The van der Waals surface area contributed by atoms with Crippen LogP contribution in [0.15, 0.2) is 59.7 Å². The van der Waals surface area contributed by atoms with E-state index in [0.29, 0.717) is 5.02 Å². The van der Waals surface area contributed by atoms with Crippen LogP contribution in [0.1, 0.15) is 28.5 Å². The summed E-state index contributed by atoms with van der Waals surface area (Å²) in [7, 11) is 0. The second-order valence-electron chi connectivity index (χ2n) is 5.59. The molecule has 3 aromatic rings. The molecule has 0 aliphatic rings. The van der Waals surface area contributed by atoms with Crippen molar-refractivity contribution < 1.29 is 19.3 Å². The zero-order valence-electron chi connectivity index (χ0n) is 14.6. The molecule has 1 aromatic heterocycles. The van der Waals surface area contributed by atoms with E-state index in [4.69, 9.17) is 16.3 Å². The fourth-order valence-electron chi connectivity index (χ4n) is 2.40. The van der Waals surface area contributed by atoms with Crippen molar-refractivity contribution in [2.45, 2.75) is 13.5 Å². The van der Waals surface area contributed by atoms with E-state index in [9.17, 15) is 9.90 Å². The first-order chi connectivity index (χ1) is 13.1. The van der Waals surface area contributed by atoms with Gasteiger partial charge in [0.15, 0.2) is 5.88 Å². The molecule has 0 saturated carbocycles. The lowest BCUT2D eigenvalue weighted by atomic mass is 10.2. The van der Waals surface area contributed by atoms with E-state index in [-0.39, 0.29) is 18.8 Å². The standard InChI is InChI=1S/C19H17ClN4O3/c1-2-27-19(26)17-18(25)24(21-12-14-8-10-16(20)11-9-14)22-23(17)13-15-6-4-3-5-7-15/h3-12H,2,13H2,1H3/b21-12+. The maximum atomic E-state index is 12.6. The van der Waals surface area contributed by atoms with Crippen molar-refractivity contribution in [3.8, 4) is 5.88 Å². The van der Waals surface area contributed by atoms with E-state index in [1.165, 1.54) is 10.9 Å². The van der Waals surface area contributed by atoms with Crippen molar-refractivity contribution in [3.63, 3.8) is 0 Å². The second-order valence-corrected chi connectivity index (χ2v) is 6.03. The Labute approximate surface area is 161 Å². The van der Waals surface area contributed by atoms with Gasteiger partial charge in [-0.25, -0.2) is 4.79 Å². The number of benzene rings is 2. The summed E-state index contributed by atoms with van der Waals surface area (Å²) >= 11 is 5.85. The van der Waals surface area contributed by atoms with Gasteiger partial charge in [-0.3, -0.25) is 0 Å². The van der Waals surface area contributed by atoms with E-state index in [0.717, 1.165) is 15.9 Å². The summed E-state index contributed by atoms with van der Waals surface area (Å²) in [6.07, 6.45) is 1.46. The SMILES string of the molecule is CCOC(=O)c1c([O-])n(/N=C/c2ccc(Cl)cc2)n[n+]1Cc1ccccc1. The van der Waals surface area contributed by atoms with Gasteiger partial charge < -0.3 is 9.84 Å². The third-order valence-electron chi connectivity index (χ3n) is 3.67. The van der Waals surface area contributed by atoms with Crippen molar-refractivity contribution >= 4 is 23.8 Å². The number of hydrogen-bond donors (Lipinski definition) is 0. The number of ether oxygens (including phenoxy) is 1. The van der Waals surface area contributed by atoms with Crippen LogP contribution in [0.4, 0.5) is 0 Å². The number of aromatic nitrogens is 3. The Morgan fingerprint density at radius 3 is 2.63 bits per heavy atom. The first kappa shape index (κ1) is 18.6. The molecule has 2 aromatic carbocycles. The predicted octanol–water partition coefficient (Wildman–Crippen LogP) is 2.00. The first-order valence-corrected chi connectivity index (χ1v) is 8.67. The number of rotatable bonds is 6. The quantitative estimate of drug-likeness (QED) is 0.369. The lowest BCUT2D eigenvalue weighted by Crippen LogP contribution is -2.43. The van der Waals surface area contributed by atoms with Gasteiger partial charge in [-0.2, -0.15) is 0 Å². The number of halogens is 1. The molecule has 1 heterocycles. The highest BCUT2D eigenvalue weighted by Crippen LogP contribution is 2.12. The molecule has 0 atom stereocenters. The molecule has 0 unspecified atom stereocenters. The molecule has 138 valence electrons. The van der Waals surface area contributed by atoms with E-state index >= 15 is 0 Å². The fraction of sp³-hybridized carbons (Fsp3) is 0.158. The van der Waals surface area contributed by atoms with Gasteiger partial charge in [-0.15, -0.1) is 4.68 Å². The van der Waals surface area contributed by atoms with E-state index < -0.39 is 11.8 Å². The highest BCUT2D eigenvalue weighted by molar-refractivity contribution is 6.30. The van der Waals surface area contributed by atoms with E-state index in [1.807, 2.05) is 30.3 Å². The molecule has 0 aliphatic heterocycles. The summed E-state index contributed by atoms with van der Waals surface area (Å²) in [5, 5.41) is 21.4. The second kappa shape index (κ2) is 8.46. The van der Waals surface area contributed by atoms with Gasteiger partial charge >= 0.3 is 5.97 Å². The molecule has 8 heteroatoms. The third-order valence-corrected chi connectivity index (χ3v) is 3.92. The Kier molecular flexibility index (Phi) is 5.83. The minimum Gasteiger partial charge on any atom is -0.836 e. The van der Waals surface area contributed by atoms with Crippen LogP contribution in [0.5, 0.6) is 5.88 Å². The largest absolute Gasteiger partial charge is 0.836 e. The van der Waals surface area contributed by atoms with Crippen LogP contribution in [-0.2, 0) is 11.3 Å². The minimum atomic E-state index is -0.730. The Hall–Kier alpha value is -3.19. The number of carbonyl (C=O) groups is 1. The summed E-state index contributed by atoms with van der Waals surface area (Å²) in [5.41, 5.74) is 1.45. The number of esters is 1. The van der Waals surface area contributed by atoms with Gasteiger partial charge in [0.2, 0.25) is 0 Å². The Bertz CT molecular complexity index is 953. The van der Waals surface area contributed by atoms with E-state index in [1.54, 1.807) is 31.2 Å². The maximum Gasteiger partial charge on any atom is 0.383 e. The Morgan fingerprint density at radius 1 is 1.26 bits per heavy atom. The van der Waals surface area contributed by atoms with Gasteiger partial charge in [-0.05, 0) is 35.0 Å². The topological polar surface area (TPSA) is 83.4 Å². The molecule has 0 spiro atoms. The molecule has 3 rings (SSSR count). The molecule has 0 N–H and O–H groups in total.